The summed E-state index contributed by atoms with van der Waals surface area (Å²) in [6.45, 7) is 3.64. The van der Waals surface area contributed by atoms with Crippen molar-refractivity contribution in [3.8, 4) is 5.75 Å². The summed E-state index contributed by atoms with van der Waals surface area (Å²) in [6.07, 6.45) is 1.25. The molecule has 1 heterocycles. The molecule has 0 aliphatic rings. The van der Waals surface area contributed by atoms with E-state index in [0.29, 0.717) is 29.8 Å². The number of aryl methyl sites for hydroxylation is 2. The van der Waals surface area contributed by atoms with Gasteiger partial charge in [-0.2, -0.15) is 0 Å². The molecule has 3 aromatic rings. The largest absolute Gasteiger partial charge is 0.487 e. The highest BCUT2D eigenvalue weighted by atomic mass is 16.5. The van der Waals surface area contributed by atoms with Gasteiger partial charge < -0.3 is 14.3 Å². The molecule has 0 amide bonds. The lowest BCUT2D eigenvalue weighted by Gasteiger charge is -2.14. The van der Waals surface area contributed by atoms with E-state index in [1.807, 2.05) is 55.5 Å². The number of carbonyl (C=O) groups excluding carboxylic acids is 2. The molecule has 0 unspecified atom stereocenters. The average molecular weight is 377 g/mol. The summed E-state index contributed by atoms with van der Waals surface area (Å²) in [4.78, 5) is 28.1. The van der Waals surface area contributed by atoms with Crippen LogP contribution in [0.2, 0.25) is 0 Å². The van der Waals surface area contributed by atoms with E-state index in [1.54, 1.807) is 6.92 Å². The van der Waals surface area contributed by atoms with Crippen LogP contribution in [0.4, 0.5) is 0 Å². The summed E-state index contributed by atoms with van der Waals surface area (Å²) >= 11 is 0. The number of rotatable bonds is 7. The van der Waals surface area contributed by atoms with Gasteiger partial charge in [-0.25, -0.2) is 9.78 Å². The van der Waals surface area contributed by atoms with Gasteiger partial charge in [-0.05, 0) is 49.6 Å². The number of methoxy groups -OCH3 is 1. The lowest BCUT2D eigenvalue weighted by molar-refractivity contribution is -0.116. The first-order valence-electron chi connectivity index (χ1n) is 9.17. The van der Waals surface area contributed by atoms with Crippen LogP contribution in [0.15, 0.2) is 48.5 Å². The van der Waals surface area contributed by atoms with Crippen molar-refractivity contribution in [3.63, 3.8) is 0 Å². The van der Waals surface area contributed by atoms with E-state index in [0.717, 1.165) is 22.0 Å². The number of ketones is 1. The van der Waals surface area contributed by atoms with Crippen LogP contribution >= 0.6 is 0 Å². The number of fused-ring (bicyclic) bond motifs is 1. The molecule has 0 spiro atoms. The van der Waals surface area contributed by atoms with Gasteiger partial charge in [-0.3, -0.25) is 0 Å². The van der Waals surface area contributed by atoms with Crippen LogP contribution in [-0.4, -0.2) is 23.8 Å². The number of esters is 1. The van der Waals surface area contributed by atoms with Crippen LogP contribution in [-0.2, 0) is 22.6 Å². The molecule has 0 N–H and O–H groups in total. The van der Waals surface area contributed by atoms with E-state index in [1.165, 1.54) is 7.11 Å². The third-order valence-electron chi connectivity index (χ3n) is 4.68. The first kappa shape index (κ1) is 19.5. The maximum absolute atomic E-state index is 12.3. The standard InChI is InChI=1S/C23H23NO4/c1-15(25)8-9-17-10-12-18(13-11-17)28-14-21-22(23(26)27-3)16(2)19-6-4-5-7-20(19)24-21/h4-7,10-13H,8-9,14H2,1-3H3. The predicted octanol–water partition coefficient (Wildman–Crippen LogP) is 4.43. The molecule has 0 atom stereocenters. The second-order valence-corrected chi connectivity index (χ2v) is 6.70. The quantitative estimate of drug-likeness (QED) is 0.570. The Morgan fingerprint density at radius 2 is 1.75 bits per heavy atom. The lowest BCUT2D eigenvalue weighted by atomic mass is 10.0. The molecular formula is C23H23NO4. The van der Waals surface area contributed by atoms with Gasteiger partial charge in [0, 0.05) is 11.8 Å². The summed E-state index contributed by atoms with van der Waals surface area (Å²) in [7, 11) is 1.36. The summed E-state index contributed by atoms with van der Waals surface area (Å²) in [5.41, 5.74) is 3.71. The Bertz CT molecular complexity index is 1010. The molecule has 1 aromatic heterocycles. The zero-order valence-electron chi connectivity index (χ0n) is 16.3. The number of aromatic nitrogens is 1. The predicted molar refractivity (Wildman–Crippen MR) is 108 cm³/mol. The van der Waals surface area contributed by atoms with E-state index in [4.69, 9.17) is 9.47 Å². The van der Waals surface area contributed by atoms with Crippen LogP contribution in [0.1, 0.15) is 40.5 Å². The van der Waals surface area contributed by atoms with E-state index >= 15 is 0 Å². The fourth-order valence-electron chi connectivity index (χ4n) is 3.14. The van der Waals surface area contributed by atoms with Crippen LogP contribution in [0.5, 0.6) is 5.75 Å². The first-order valence-corrected chi connectivity index (χ1v) is 9.17. The molecular weight excluding hydrogens is 354 g/mol. The van der Waals surface area contributed by atoms with Crippen molar-refractivity contribution >= 4 is 22.7 Å². The van der Waals surface area contributed by atoms with Crippen LogP contribution in [0.25, 0.3) is 10.9 Å². The number of hydrogen-bond acceptors (Lipinski definition) is 5. The van der Waals surface area contributed by atoms with Crippen molar-refractivity contribution in [3.05, 3.63) is 70.9 Å². The molecule has 0 saturated heterocycles. The third kappa shape index (κ3) is 4.36. The molecule has 0 aliphatic carbocycles. The molecule has 0 saturated carbocycles. The van der Waals surface area contributed by atoms with E-state index < -0.39 is 5.97 Å². The molecule has 0 bridgehead atoms. The zero-order chi connectivity index (χ0) is 20.1. The highest BCUT2D eigenvalue weighted by Crippen LogP contribution is 2.25. The average Bonchev–Trinajstić information content (AvgIpc) is 2.71. The third-order valence-corrected chi connectivity index (χ3v) is 4.68. The summed E-state index contributed by atoms with van der Waals surface area (Å²) in [5.74, 6) is 0.428. The Kier molecular flexibility index (Phi) is 6.04. The second kappa shape index (κ2) is 8.65. The van der Waals surface area contributed by atoms with Crippen LogP contribution < -0.4 is 4.74 Å². The number of carbonyl (C=O) groups is 2. The lowest BCUT2D eigenvalue weighted by Crippen LogP contribution is -2.13. The van der Waals surface area contributed by atoms with Crippen LogP contribution in [0, 0.1) is 6.92 Å². The molecule has 28 heavy (non-hydrogen) atoms. The Morgan fingerprint density at radius 3 is 2.43 bits per heavy atom. The summed E-state index contributed by atoms with van der Waals surface area (Å²) < 4.78 is 10.8. The van der Waals surface area contributed by atoms with Gasteiger partial charge in [-0.15, -0.1) is 0 Å². The van der Waals surface area contributed by atoms with Gasteiger partial charge in [0.1, 0.15) is 18.1 Å². The van der Waals surface area contributed by atoms with E-state index in [2.05, 4.69) is 4.98 Å². The fraction of sp³-hybridized carbons (Fsp3) is 0.261. The number of ether oxygens (including phenoxy) is 2. The van der Waals surface area contributed by atoms with Gasteiger partial charge in [0.25, 0.3) is 0 Å². The van der Waals surface area contributed by atoms with Gasteiger partial charge in [0.05, 0.1) is 23.9 Å². The number of benzene rings is 2. The van der Waals surface area contributed by atoms with Crippen molar-refractivity contribution in [2.24, 2.45) is 0 Å². The van der Waals surface area contributed by atoms with Crippen molar-refractivity contribution in [2.45, 2.75) is 33.3 Å². The van der Waals surface area contributed by atoms with Gasteiger partial charge in [0.2, 0.25) is 0 Å². The Hall–Kier alpha value is -3.21. The molecule has 0 radical (unpaired) electrons. The van der Waals surface area contributed by atoms with Crippen LogP contribution in [0.3, 0.4) is 0 Å². The topological polar surface area (TPSA) is 65.5 Å². The van der Waals surface area contributed by atoms with Crippen molar-refractivity contribution < 1.29 is 19.1 Å². The van der Waals surface area contributed by atoms with Crippen molar-refractivity contribution in [2.75, 3.05) is 7.11 Å². The molecule has 5 nitrogen and oxygen atoms in total. The van der Waals surface area contributed by atoms with Crippen molar-refractivity contribution in [1.29, 1.82) is 0 Å². The van der Waals surface area contributed by atoms with Gasteiger partial charge >= 0.3 is 5.97 Å². The number of hydrogen-bond donors (Lipinski definition) is 0. The van der Waals surface area contributed by atoms with E-state index in [9.17, 15) is 9.59 Å². The Morgan fingerprint density at radius 1 is 1.04 bits per heavy atom. The highest BCUT2D eigenvalue weighted by Gasteiger charge is 2.19. The highest BCUT2D eigenvalue weighted by molar-refractivity contribution is 5.98. The number of nitrogens with zero attached hydrogens (tertiary/aromatic N) is 1. The first-order chi connectivity index (χ1) is 13.5. The molecule has 5 heteroatoms. The monoisotopic (exact) mass is 377 g/mol. The van der Waals surface area contributed by atoms with Gasteiger partial charge in [0.15, 0.2) is 0 Å². The SMILES string of the molecule is COC(=O)c1c(COc2ccc(CCC(C)=O)cc2)nc2ccccc2c1C. The molecule has 3 rings (SSSR count). The van der Waals surface area contributed by atoms with Crippen molar-refractivity contribution in [1.82, 2.24) is 4.98 Å². The molecule has 0 fully saturated rings. The Balaban J connectivity index is 1.83. The molecule has 2 aromatic carbocycles. The second-order valence-electron chi connectivity index (χ2n) is 6.70. The minimum Gasteiger partial charge on any atom is -0.487 e. The maximum atomic E-state index is 12.3. The molecule has 144 valence electrons. The summed E-state index contributed by atoms with van der Waals surface area (Å²) in [5, 5.41) is 0.918. The number of Topliss-reactive ketones (excluding diaryl/α,β-unsaturated/α-hetero) is 1. The minimum absolute atomic E-state index is 0.156. The smallest absolute Gasteiger partial charge is 0.340 e. The maximum Gasteiger partial charge on any atom is 0.340 e. The zero-order valence-corrected chi connectivity index (χ0v) is 16.3. The Labute approximate surface area is 164 Å². The number of pyridine rings is 1. The normalized spacial score (nSPS) is 10.7. The summed E-state index contributed by atoms with van der Waals surface area (Å²) in [6, 6.07) is 15.3. The minimum atomic E-state index is -0.422. The number of para-hydroxylation sites is 1. The van der Waals surface area contributed by atoms with E-state index in [-0.39, 0.29) is 12.4 Å². The molecule has 0 aliphatic heterocycles. The van der Waals surface area contributed by atoms with Gasteiger partial charge in [-0.1, -0.05) is 30.3 Å². The fourth-order valence-corrected chi connectivity index (χ4v) is 3.14.